The summed E-state index contributed by atoms with van der Waals surface area (Å²) in [6, 6.07) is 9.13. The number of carbonyl (C=O) groups excluding carboxylic acids is 1. The number of hydrogen-bond donors (Lipinski definition) is 2. The molecule has 0 saturated heterocycles. The second-order valence-electron chi connectivity index (χ2n) is 4.17. The minimum Gasteiger partial charge on any atom is -0.451 e. The molecule has 0 aliphatic heterocycles. The lowest BCUT2D eigenvalue weighted by Gasteiger charge is -2.04. The van der Waals surface area contributed by atoms with Gasteiger partial charge in [0.05, 0.1) is 11.9 Å². The van der Waals surface area contributed by atoms with Gasteiger partial charge in [-0.3, -0.25) is 9.48 Å². The van der Waals surface area contributed by atoms with Crippen LogP contribution in [0.25, 0.3) is 11.0 Å². The number of nitrogens with zero attached hydrogens (tertiary/aromatic N) is 2. The van der Waals surface area contributed by atoms with Crippen molar-refractivity contribution in [2.45, 2.75) is 0 Å². The quantitative estimate of drug-likeness (QED) is 0.734. The van der Waals surface area contributed by atoms with Crippen LogP contribution in [0.15, 0.2) is 40.9 Å². The van der Waals surface area contributed by atoms with Crippen molar-refractivity contribution in [1.82, 2.24) is 9.78 Å². The van der Waals surface area contributed by atoms with E-state index in [0.29, 0.717) is 17.1 Å². The second-order valence-corrected chi connectivity index (χ2v) is 4.17. The van der Waals surface area contributed by atoms with Crippen LogP contribution in [0.2, 0.25) is 0 Å². The molecule has 1 aromatic carbocycles. The third-order valence-corrected chi connectivity index (χ3v) is 2.85. The molecule has 3 rings (SSSR count). The topological polar surface area (TPSA) is 86.1 Å². The minimum absolute atomic E-state index is 0.238. The molecule has 2 aromatic heterocycles. The van der Waals surface area contributed by atoms with E-state index in [9.17, 15) is 4.79 Å². The SMILES string of the molecule is Cn1ncc(N)c1NC(=O)c1cc2ccccc2o1. The van der Waals surface area contributed by atoms with E-state index in [-0.39, 0.29) is 11.7 Å². The van der Waals surface area contributed by atoms with E-state index < -0.39 is 0 Å². The number of nitrogens with two attached hydrogens (primary N) is 1. The van der Waals surface area contributed by atoms with Crippen LogP contribution in [0.4, 0.5) is 11.5 Å². The summed E-state index contributed by atoms with van der Waals surface area (Å²) in [4.78, 5) is 12.1. The third-order valence-electron chi connectivity index (χ3n) is 2.85. The molecule has 19 heavy (non-hydrogen) atoms. The standard InChI is InChI=1S/C13H12N4O2/c1-17-12(9(14)7-15-17)16-13(18)11-6-8-4-2-3-5-10(8)19-11/h2-7H,14H2,1H3,(H,16,18). The first-order chi connectivity index (χ1) is 9.15. The van der Waals surface area contributed by atoms with Gasteiger partial charge in [-0.25, -0.2) is 0 Å². The first-order valence-corrected chi connectivity index (χ1v) is 5.72. The van der Waals surface area contributed by atoms with Gasteiger partial charge in [-0.05, 0) is 12.1 Å². The monoisotopic (exact) mass is 256 g/mol. The van der Waals surface area contributed by atoms with Crippen LogP contribution in [0.5, 0.6) is 0 Å². The Bertz CT molecular complexity index is 704. The molecule has 6 heteroatoms. The summed E-state index contributed by atoms with van der Waals surface area (Å²) in [6.45, 7) is 0. The second kappa shape index (κ2) is 4.16. The van der Waals surface area contributed by atoms with Crippen molar-refractivity contribution in [2.24, 2.45) is 7.05 Å². The lowest BCUT2D eigenvalue weighted by atomic mass is 10.2. The molecule has 0 aliphatic carbocycles. The fraction of sp³-hybridized carbons (Fsp3) is 0.0769. The number of anilines is 2. The van der Waals surface area contributed by atoms with Crippen LogP contribution in [0.3, 0.4) is 0 Å². The molecule has 0 radical (unpaired) electrons. The molecular formula is C13H12N4O2. The molecule has 0 bridgehead atoms. The zero-order valence-corrected chi connectivity index (χ0v) is 10.3. The van der Waals surface area contributed by atoms with E-state index >= 15 is 0 Å². The molecule has 0 saturated carbocycles. The molecule has 0 fully saturated rings. The molecule has 0 unspecified atom stereocenters. The maximum atomic E-state index is 12.1. The van der Waals surface area contributed by atoms with Crippen LogP contribution < -0.4 is 11.1 Å². The van der Waals surface area contributed by atoms with Crippen molar-refractivity contribution in [3.05, 3.63) is 42.3 Å². The van der Waals surface area contributed by atoms with Crippen LogP contribution in [-0.2, 0) is 7.05 Å². The summed E-state index contributed by atoms with van der Waals surface area (Å²) in [6.07, 6.45) is 1.48. The van der Waals surface area contributed by atoms with Crippen LogP contribution in [0.1, 0.15) is 10.6 Å². The zero-order valence-electron chi connectivity index (χ0n) is 10.3. The molecular weight excluding hydrogens is 244 g/mol. The summed E-state index contributed by atoms with van der Waals surface area (Å²) >= 11 is 0. The van der Waals surface area contributed by atoms with Gasteiger partial charge in [0.15, 0.2) is 11.6 Å². The number of nitrogen functional groups attached to an aromatic ring is 1. The smallest absolute Gasteiger partial charge is 0.292 e. The number of amides is 1. The van der Waals surface area contributed by atoms with Gasteiger partial charge >= 0.3 is 0 Å². The molecule has 0 aliphatic rings. The number of aromatic nitrogens is 2. The van der Waals surface area contributed by atoms with E-state index in [1.807, 2.05) is 24.3 Å². The number of hydrogen-bond acceptors (Lipinski definition) is 4. The maximum absolute atomic E-state index is 12.1. The number of fused-ring (bicyclic) bond motifs is 1. The van der Waals surface area contributed by atoms with E-state index in [2.05, 4.69) is 10.4 Å². The molecule has 2 heterocycles. The Morgan fingerprint density at radius 3 is 2.89 bits per heavy atom. The molecule has 0 spiro atoms. The fourth-order valence-corrected chi connectivity index (χ4v) is 1.87. The van der Waals surface area contributed by atoms with E-state index in [1.165, 1.54) is 10.9 Å². The normalized spacial score (nSPS) is 10.8. The molecule has 6 nitrogen and oxygen atoms in total. The Kier molecular flexibility index (Phi) is 2.49. The largest absolute Gasteiger partial charge is 0.451 e. The van der Waals surface area contributed by atoms with E-state index in [0.717, 1.165) is 5.39 Å². The first kappa shape index (κ1) is 11.3. The number of aryl methyl sites for hydroxylation is 1. The molecule has 0 atom stereocenters. The summed E-state index contributed by atoms with van der Waals surface area (Å²) in [5.74, 6) is 0.332. The van der Waals surface area contributed by atoms with Gasteiger partial charge in [0.25, 0.3) is 5.91 Å². The van der Waals surface area contributed by atoms with Crippen LogP contribution in [-0.4, -0.2) is 15.7 Å². The van der Waals surface area contributed by atoms with Crippen molar-refractivity contribution in [3.8, 4) is 0 Å². The number of benzene rings is 1. The highest BCUT2D eigenvalue weighted by Crippen LogP contribution is 2.21. The van der Waals surface area contributed by atoms with Gasteiger partial charge in [-0.15, -0.1) is 0 Å². The van der Waals surface area contributed by atoms with Crippen molar-refractivity contribution >= 4 is 28.4 Å². The minimum atomic E-state index is -0.355. The van der Waals surface area contributed by atoms with Gasteiger partial charge in [-0.2, -0.15) is 5.10 Å². The van der Waals surface area contributed by atoms with Crippen LogP contribution in [0, 0.1) is 0 Å². The predicted molar refractivity (Wildman–Crippen MR) is 71.8 cm³/mol. The highest BCUT2D eigenvalue weighted by atomic mass is 16.3. The van der Waals surface area contributed by atoms with Crippen molar-refractivity contribution in [1.29, 1.82) is 0 Å². The number of para-hydroxylation sites is 1. The average Bonchev–Trinajstić information content (AvgIpc) is 2.97. The number of nitrogens with one attached hydrogen (secondary N) is 1. The highest BCUT2D eigenvalue weighted by molar-refractivity contribution is 6.05. The summed E-state index contributed by atoms with van der Waals surface area (Å²) in [5, 5.41) is 7.51. The molecule has 96 valence electrons. The Balaban J connectivity index is 1.92. The fourth-order valence-electron chi connectivity index (χ4n) is 1.87. The van der Waals surface area contributed by atoms with Gasteiger partial charge < -0.3 is 15.5 Å². The Morgan fingerprint density at radius 1 is 1.42 bits per heavy atom. The van der Waals surface area contributed by atoms with Gasteiger partial charge in [0.1, 0.15) is 5.58 Å². The Morgan fingerprint density at radius 2 is 2.21 bits per heavy atom. The summed E-state index contributed by atoms with van der Waals surface area (Å²) in [7, 11) is 1.70. The van der Waals surface area contributed by atoms with E-state index in [1.54, 1.807) is 13.1 Å². The van der Waals surface area contributed by atoms with Crippen molar-refractivity contribution < 1.29 is 9.21 Å². The number of carbonyl (C=O) groups is 1. The zero-order chi connectivity index (χ0) is 13.4. The number of rotatable bonds is 2. The van der Waals surface area contributed by atoms with Crippen LogP contribution >= 0.6 is 0 Å². The van der Waals surface area contributed by atoms with Crippen molar-refractivity contribution in [3.63, 3.8) is 0 Å². The third kappa shape index (κ3) is 1.93. The molecule has 1 amide bonds. The Hall–Kier alpha value is -2.76. The first-order valence-electron chi connectivity index (χ1n) is 5.72. The Labute approximate surface area is 108 Å². The summed E-state index contributed by atoms with van der Waals surface area (Å²) in [5.41, 5.74) is 6.80. The highest BCUT2D eigenvalue weighted by Gasteiger charge is 2.15. The van der Waals surface area contributed by atoms with Crippen molar-refractivity contribution in [2.75, 3.05) is 11.1 Å². The van der Waals surface area contributed by atoms with Gasteiger partial charge in [0, 0.05) is 12.4 Å². The lowest BCUT2D eigenvalue weighted by molar-refractivity contribution is 0.0998. The van der Waals surface area contributed by atoms with Gasteiger partial charge in [0.2, 0.25) is 0 Å². The molecule has 3 aromatic rings. The average molecular weight is 256 g/mol. The van der Waals surface area contributed by atoms with E-state index in [4.69, 9.17) is 10.2 Å². The summed E-state index contributed by atoms with van der Waals surface area (Å²) < 4.78 is 6.97. The lowest BCUT2D eigenvalue weighted by Crippen LogP contribution is -2.14. The predicted octanol–water partition coefficient (Wildman–Crippen LogP) is 2.00. The molecule has 3 N–H and O–H groups in total. The maximum Gasteiger partial charge on any atom is 0.292 e. The van der Waals surface area contributed by atoms with Gasteiger partial charge in [-0.1, -0.05) is 18.2 Å². The number of furan rings is 1.